The minimum Gasteiger partial charge on any atom is -0.357 e. The Bertz CT molecular complexity index is 529. The van der Waals surface area contributed by atoms with E-state index in [1.54, 1.807) is 0 Å². The van der Waals surface area contributed by atoms with E-state index in [1.165, 1.54) is 31.4 Å². The van der Waals surface area contributed by atoms with E-state index >= 15 is 0 Å². The molecule has 2 rings (SSSR count). The molecule has 0 radical (unpaired) electrons. The molecule has 1 saturated carbocycles. The zero-order valence-electron chi connectivity index (χ0n) is 16.0. The first kappa shape index (κ1) is 20.1. The van der Waals surface area contributed by atoms with Crippen LogP contribution < -0.4 is 10.6 Å². The van der Waals surface area contributed by atoms with E-state index in [9.17, 15) is 0 Å². The fourth-order valence-electron chi connectivity index (χ4n) is 3.04. The van der Waals surface area contributed by atoms with Gasteiger partial charge in [0.1, 0.15) is 0 Å². The lowest BCUT2D eigenvalue weighted by atomic mass is 9.95. The van der Waals surface area contributed by atoms with Gasteiger partial charge in [0, 0.05) is 30.2 Å². The van der Waals surface area contributed by atoms with Crippen LogP contribution in [-0.4, -0.2) is 46.2 Å². The van der Waals surface area contributed by atoms with Crippen molar-refractivity contribution in [1.29, 1.82) is 0 Å². The van der Waals surface area contributed by atoms with Crippen molar-refractivity contribution in [2.24, 2.45) is 4.99 Å². The third-order valence-electron chi connectivity index (χ3n) is 4.31. The van der Waals surface area contributed by atoms with Crippen molar-refractivity contribution in [2.75, 3.05) is 18.8 Å². The number of hydrogen-bond acceptors (Lipinski definition) is 5. The Hall–Kier alpha value is -1.24. The molecule has 2 atom stereocenters. The Morgan fingerprint density at radius 3 is 2.88 bits per heavy atom. The molecule has 25 heavy (non-hydrogen) atoms. The summed E-state index contributed by atoms with van der Waals surface area (Å²) >= 11 is 2.09. The van der Waals surface area contributed by atoms with E-state index in [0.29, 0.717) is 30.8 Å². The maximum atomic E-state index is 5.28. The first-order valence-electron chi connectivity index (χ1n) is 9.61. The van der Waals surface area contributed by atoms with Crippen LogP contribution in [0.15, 0.2) is 9.52 Å². The van der Waals surface area contributed by atoms with Crippen LogP contribution in [0.4, 0.5) is 0 Å². The first-order chi connectivity index (χ1) is 12.1. The minimum absolute atomic E-state index is 0.292. The summed E-state index contributed by atoms with van der Waals surface area (Å²) in [4.78, 5) is 9.10. The molecule has 0 saturated heterocycles. The second-order valence-corrected chi connectivity index (χ2v) is 8.37. The molecule has 6 nitrogen and oxygen atoms in total. The van der Waals surface area contributed by atoms with Crippen molar-refractivity contribution in [3.63, 3.8) is 0 Å². The molecule has 2 unspecified atom stereocenters. The Balaban J connectivity index is 1.84. The Morgan fingerprint density at radius 1 is 1.36 bits per heavy atom. The van der Waals surface area contributed by atoms with Crippen molar-refractivity contribution in [1.82, 2.24) is 20.8 Å². The smallest absolute Gasteiger partial charge is 0.228 e. The molecule has 1 aliphatic carbocycles. The fourth-order valence-corrected chi connectivity index (χ4v) is 4.22. The Kier molecular flexibility index (Phi) is 8.58. The van der Waals surface area contributed by atoms with Gasteiger partial charge in [0.05, 0.1) is 6.54 Å². The van der Waals surface area contributed by atoms with Gasteiger partial charge < -0.3 is 15.2 Å². The van der Waals surface area contributed by atoms with Crippen LogP contribution in [0.2, 0.25) is 0 Å². The van der Waals surface area contributed by atoms with Crippen molar-refractivity contribution >= 4 is 17.7 Å². The van der Waals surface area contributed by atoms with Crippen LogP contribution >= 0.6 is 11.8 Å². The zero-order valence-corrected chi connectivity index (χ0v) is 16.9. The van der Waals surface area contributed by atoms with E-state index in [0.717, 1.165) is 23.6 Å². The molecular weight excluding hydrogens is 334 g/mol. The highest BCUT2D eigenvalue weighted by Gasteiger charge is 2.22. The van der Waals surface area contributed by atoms with Gasteiger partial charge in [0.25, 0.3) is 0 Å². The van der Waals surface area contributed by atoms with E-state index in [2.05, 4.69) is 65.2 Å². The van der Waals surface area contributed by atoms with Crippen LogP contribution in [0.3, 0.4) is 0 Å². The van der Waals surface area contributed by atoms with Crippen molar-refractivity contribution in [3.8, 4) is 0 Å². The van der Waals surface area contributed by atoms with Gasteiger partial charge in [0.15, 0.2) is 11.8 Å². The predicted octanol–water partition coefficient (Wildman–Crippen LogP) is 3.35. The monoisotopic (exact) mass is 367 g/mol. The van der Waals surface area contributed by atoms with Gasteiger partial charge in [-0.3, -0.25) is 4.99 Å². The third kappa shape index (κ3) is 6.88. The summed E-state index contributed by atoms with van der Waals surface area (Å²) in [6, 6.07) is 0.520. The number of guanidine groups is 1. The molecule has 1 aliphatic rings. The average Bonchev–Trinajstić information content (AvgIpc) is 3.05. The van der Waals surface area contributed by atoms with Crippen molar-refractivity contribution in [3.05, 3.63) is 11.7 Å². The molecular formula is C18H33N5OS. The zero-order chi connectivity index (χ0) is 18.1. The van der Waals surface area contributed by atoms with E-state index in [-0.39, 0.29) is 0 Å². The molecule has 0 aliphatic heterocycles. The number of aliphatic imine (C=N–C) groups is 1. The molecule has 142 valence electrons. The lowest BCUT2D eigenvalue weighted by Crippen LogP contribution is -2.45. The lowest BCUT2D eigenvalue weighted by molar-refractivity contribution is 0.372. The quantitative estimate of drug-likeness (QED) is 0.542. The number of aromatic nitrogens is 2. The minimum atomic E-state index is 0.292. The van der Waals surface area contributed by atoms with Crippen LogP contribution in [0, 0.1) is 0 Å². The summed E-state index contributed by atoms with van der Waals surface area (Å²) < 4.78 is 5.28. The van der Waals surface area contributed by atoms with Crippen LogP contribution in [0.5, 0.6) is 0 Å². The van der Waals surface area contributed by atoms with Gasteiger partial charge in [-0.1, -0.05) is 32.3 Å². The van der Waals surface area contributed by atoms with Gasteiger partial charge in [-0.2, -0.15) is 16.7 Å². The molecule has 2 N–H and O–H groups in total. The summed E-state index contributed by atoms with van der Waals surface area (Å²) in [5.41, 5.74) is 0. The molecule has 7 heteroatoms. The predicted molar refractivity (Wildman–Crippen MR) is 105 cm³/mol. The Morgan fingerprint density at radius 2 is 2.20 bits per heavy atom. The first-order valence-corrected chi connectivity index (χ1v) is 10.7. The van der Waals surface area contributed by atoms with Gasteiger partial charge in [-0.15, -0.1) is 0 Å². The topological polar surface area (TPSA) is 75.3 Å². The van der Waals surface area contributed by atoms with Crippen LogP contribution in [0.25, 0.3) is 0 Å². The molecule has 1 aromatic heterocycles. The van der Waals surface area contributed by atoms with Crippen LogP contribution in [-0.2, 0) is 6.42 Å². The fraction of sp³-hybridized carbons (Fsp3) is 0.833. The molecule has 1 fully saturated rings. The number of hydrogen-bond donors (Lipinski definition) is 2. The SMILES string of the molecule is CCNC(=NCCc1nc(C(C)C)no1)NC1CCCC(SCC)C1. The standard InChI is InChI=1S/C18H33N5OS/c1-5-19-18(21-14-8-7-9-15(12-14)25-6-2)20-11-10-16-22-17(13(3)4)23-24-16/h13-15H,5-12H2,1-4H3,(H2,19,20,21). The lowest BCUT2D eigenvalue weighted by Gasteiger charge is -2.30. The van der Waals surface area contributed by atoms with Gasteiger partial charge in [-0.05, 0) is 31.9 Å². The van der Waals surface area contributed by atoms with Gasteiger partial charge in [0.2, 0.25) is 5.89 Å². The third-order valence-corrected chi connectivity index (χ3v) is 5.54. The molecule has 1 heterocycles. The summed E-state index contributed by atoms with van der Waals surface area (Å²) in [6.45, 7) is 9.98. The average molecular weight is 368 g/mol. The summed E-state index contributed by atoms with van der Waals surface area (Å²) in [5.74, 6) is 3.83. The highest BCUT2D eigenvalue weighted by atomic mass is 32.2. The highest BCUT2D eigenvalue weighted by molar-refractivity contribution is 7.99. The maximum Gasteiger partial charge on any atom is 0.228 e. The second-order valence-electron chi connectivity index (χ2n) is 6.80. The van der Waals surface area contributed by atoms with Gasteiger partial charge in [-0.25, -0.2) is 0 Å². The second kappa shape index (κ2) is 10.7. The number of thioether (sulfide) groups is 1. The Labute approximate surface area is 156 Å². The van der Waals surface area contributed by atoms with E-state index in [1.807, 2.05) is 0 Å². The van der Waals surface area contributed by atoms with Crippen LogP contribution in [0.1, 0.15) is 71.0 Å². The molecule has 0 spiro atoms. The van der Waals surface area contributed by atoms with E-state index in [4.69, 9.17) is 4.52 Å². The maximum absolute atomic E-state index is 5.28. The molecule has 0 amide bonds. The van der Waals surface area contributed by atoms with E-state index < -0.39 is 0 Å². The number of nitrogens with zero attached hydrogens (tertiary/aromatic N) is 3. The molecule has 0 aromatic carbocycles. The number of rotatable bonds is 8. The normalized spacial score (nSPS) is 21.6. The van der Waals surface area contributed by atoms with Crippen molar-refractivity contribution in [2.45, 2.75) is 77.0 Å². The largest absolute Gasteiger partial charge is 0.357 e. The number of nitrogens with one attached hydrogen (secondary N) is 2. The molecule has 1 aromatic rings. The highest BCUT2D eigenvalue weighted by Crippen LogP contribution is 2.28. The summed E-state index contributed by atoms with van der Waals surface area (Å²) in [7, 11) is 0. The van der Waals surface area contributed by atoms with Crippen molar-refractivity contribution < 1.29 is 4.52 Å². The van der Waals surface area contributed by atoms with Gasteiger partial charge >= 0.3 is 0 Å². The molecule has 0 bridgehead atoms. The summed E-state index contributed by atoms with van der Waals surface area (Å²) in [5, 5.41) is 11.8. The summed E-state index contributed by atoms with van der Waals surface area (Å²) in [6.07, 6.45) is 5.78.